The first-order valence-corrected chi connectivity index (χ1v) is 4.62. The fourth-order valence-electron chi connectivity index (χ4n) is 1.33. The number of ether oxygens (including phenoxy) is 1. The van der Waals surface area contributed by atoms with Gasteiger partial charge in [-0.05, 0) is 19.8 Å². The fourth-order valence-corrected chi connectivity index (χ4v) is 1.33. The second-order valence-electron chi connectivity index (χ2n) is 3.06. The molecule has 3 nitrogen and oxygen atoms in total. The molecule has 0 aromatic heterocycles. The Morgan fingerprint density at radius 1 is 1.62 bits per heavy atom. The van der Waals surface area contributed by atoms with Crippen molar-refractivity contribution in [2.45, 2.75) is 32.6 Å². The molecule has 0 aromatic rings. The van der Waals surface area contributed by atoms with Crippen LogP contribution in [0.1, 0.15) is 32.6 Å². The van der Waals surface area contributed by atoms with Crippen molar-refractivity contribution in [1.82, 2.24) is 0 Å². The van der Waals surface area contributed by atoms with Crippen LogP contribution in [0.5, 0.6) is 0 Å². The summed E-state index contributed by atoms with van der Waals surface area (Å²) in [6.45, 7) is 2.13. The van der Waals surface area contributed by atoms with Crippen LogP contribution in [0, 0.1) is 0 Å². The van der Waals surface area contributed by atoms with Gasteiger partial charge in [0.2, 0.25) is 0 Å². The summed E-state index contributed by atoms with van der Waals surface area (Å²) in [5.74, 6) is -0.199. The Morgan fingerprint density at radius 3 is 3.08 bits per heavy atom. The zero-order chi connectivity index (χ0) is 9.68. The Bertz CT molecular complexity index is 241. The maximum atomic E-state index is 11.3. The van der Waals surface area contributed by atoms with E-state index in [9.17, 15) is 9.59 Å². The van der Waals surface area contributed by atoms with Gasteiger partial charge in [-0.2, -0.15) is 0 Å². The van der Waals surface area contributed by atoms with Crippen molar-refractivity contribution in [3.8, 4) is 0 Å². The van der Waals surface area contributed by atoms with Gasteiger partial charge in [-0.25, -0.2) is 4.79 Å². The molecule has 0 saturated carbocycles. The minimum absolute atomic E-state index is 0.136. The van der Waals surface area contributed by atoms with Gasteiger partial charge >= 0.3 is 5.97 Å². The number of allylic oxidation sites excluding steroid dienone is 1. The lowest BCUT2D eigenvalue weighted by atomic mass is 10.1. The van der Waals surface area contributed by atoms with Gasteiger partial charge in [0.15, 0.2) is 0 Å². The van der Waals surface area contributed by atoms with Crippen molar-refractivity contribution < 1.29 is 14.3 Å². The van der Waals surface area contributed by atoms with E-state index in [1.807, 2.05) is 6.08 Å². The molecule has 0 aliphatic heterocycles. The molecule has 0 radical (unpaired) electrons. The number of carbonyl (C=O) groups is 2. The van der Waals surface area contributed by atoms with E-state index in [4.69, 9.17) is 4.74 Å². The molecule has 1 rings (SSSR count). The van der Waals surface area contributed by atoms with E-state index in [0.717, 1.165) is 12.8 Å². The van der Waals surface area contributed by atoms with Crippen molar-refractivity contribution in [3.63, 3.8) is 0 Å². The Kier molecular flexibility index (Phi) is 3.68. The number of Topliss-reactive ketones (excluding diaryl/α,β-unsaturated/α-hetero) is 1. The van der Waals surface area contributed by atoms with E-state index in [1.165, 1.54) is 0 Å². The quantitative estimate of drug-likeness (QED) is 0.609. The third-order valence-electron chi connectivity index (χ3n) is 1.98. The zero-order valence-corrected chi connectivity index (χ0v) is 7.84. The second kappa shape index (κ2) is 4.80. The monoisotopic (exact) mass is 182 g/mol. The van der Waals surface area contributed by atoms with Crippen LogP contribution < -0.4 is 0 Å². The summed E-state index contributed by atoms with van der Waals surface area (Å²) in [5.41, 5.74) is 0.532. The average molecular weight is 182 g/mol. The molecule has 3 heteroatoms. The van der Waals surface area contributed by atoms with Crippen molar-refractivity contribution in [2.75, 3.05) is 6.61 Å². The minimum atomic E-state index is -0.335. The number of hydrogen-bond donors (Lipinski definition) is 0. The predicted molar refractivity (Wildman–Crippen MR) is 48.2 cm³/mol. The van der Waals surface area contributed by atoms with E-state index >= 15 is 0 Å². The smallest absolute Gasteiger partial charge is 0.334 e. The Balaban J connectivity index is 2.60. The Labute approximate surface area is 77.8 Å². The van der Waals surface area contributed by atoms with Crippen LogP contribution in [-0.4, -0.2) is 18.4 Å². The minimum Gasteiger partial charge on any atom is -0.463 e. The van der Waals surface area contributed by atoms with Gasteiger partial charge in [0.25, 0.3) is 0 Å². The molecule has 0 atom stereocenters. The van der Waals surface area contributed by atoms with E-state index < -0.39 is 0 Å². The first kappa shape index (κ1) is 9.96. The largest absolute Gasteiger partial charge is 0.463 e. The van der Waals surface area contributed by atoms with E-state index in [2.05, 4.69) is 0 Å². The summed E-state index contributed by atoms with van der Waals surface area (Å²) in [5, 5.41) is 0. The van der Waals surface area contributed by atoms with Crippen LogP contribution in [0.4, 0.5) is 0 Å². The van der Waals surface area contributed by atoms with E-state index in [0.29, 0.717) is 18.6 Å². The maximum absolute atomic E-state index is 11.3. The zero-order valence-electron chi connectivity index (χ0n) is 7.84. The first-order valence-electron chi connectivity index (χ1n) is 4.62. The number of rotatable bonds is 2. The molecule has 0 fully saturated rings. The Morgan fingerprint density at radius 2 is 2.38 bits per heavy atom. The van der Waals surface area contributed by atoms with E-state index in [1.54, 1.807) is 6.92 Å². The maximum Gasteiger partial charge on any atom is 0.334 e. The van der Waals surface area contributed by atoms with Crippen LogP contribution in [-0.2, 0) is 14.3 Å². The summed E-state index contributed by atoms with van der Waals surface area (Å²) in [6.07, 6.45) is 4.31. The summed E-state index contributed by atoms with van der Waals surface area (Å²) < 4.78 is 4.83. The van der Waals surface area contributed by atoms with Gasteiger partial charge < -0.3 is 4.74 Å². The average Bonchev–Trinajstić information content (AvgIpc) is 2.30. The summed E-state index contributed by atoms with van der Waals surface area (Å²) in [7, 11) is 0. The van der Waals surface area contributed by atoms with Crippen molar-refractivity contribution >= 4 is 11.8 Å². The molecule has 0 unspecified atom stereocenters. The first-order chi connectivity index (χ1) is 6.24. The number of hydrogen-bond acceptors (Lipinski definition) is 3. The lowest BCUT2D eigenvalue weighted by molar-refractivity contribution is -0.139. The molecular formula is C10H14O3. The van der Waals surface area contributed by atoms with Crippen LogP contribution >= 0.6 is 0 Å². The third kappa shape index (κ3) is 3.01. The van der Waals surface area contributed by atoms with Gasteiger partial charge in [0.05, 0.1) is 6.61 Å². The summed E-state index contributed by atoms with van der Waals surface area (Å²) >= 11 is 0. The van der Waals surface area contributed by atoms with Crippen LogP contribution in [0.3, 0.4) is 0 Å². The summed E-state index contributed by atoms with van der Waals surface area (Å²) in [4.78, 5) is 22.4. The SMILES string of the molecule is CCOC(=O)C1=CCCCC(=O)C1. The highest BCUT2D eigenvalue weighted by Crippen LogP contribution is 2.15. The third-order valence-corrected chi connectivity index (χ3v) is 1.98. The highest BCUT2D eigenvalue weighted by molar-refractivity contribution is 5.96. The van der Waals surface area contributed by atoms with E-state index in [-0.39, 0.29) is 18.2 Å². The number of esters is 1. The highest BCUT2D eigenvalue weighted by atomic mass is 16.5. The fraction of sp³-hybridized carbons (Fsp3) is 0.600. The summed E-state index contributed by atoms with van der Waals surface area (Å²) in [6, 6.07) is 0. The normalized spacial score (nSPS) is 17.6. The molecule has 0 amide bonds. The molecule has 13 heavy (non-hydrogen) atoms. The second-order valence-corrected chi connectivity index (χ2v) is 3.06. The predicted octanol–water partition coefficient (Wildman–Crippen LogP) is 1.62. The van der Waals surface area contributed by atoms with Crippen molar-refractivity contribution in [2.24, 2.45) is 0 Å². The molecule has 0 N–H and O–H groups in total. The Hall–Kier alpha value is -1.12. The molecule has 72 valence electrons. The molecule has 1 aliphatic carbocycles. The lowest BCUT2D eigenvalue weighted by Gasteiger charge is -2.03. The standard InChI is InChI=1S/C10H14O3/c1-2-13-10(12)8-5-3-4-6-9(11)7-8/h5H,2-4,6-7H2,1H3. The highest BCUT2D eigenvalue weighted by Gasteiger charge is 2.16. The van der Waals surface area contributed by atoms with Crippen LogP contribution in [0.2, 0.25) is 0 Å². The van der Waals surface area contributed by atoms with Gasteiger partial charge in [0.1, 0.15) is 5.78 Å². The molecule has 0 heterocycles. The van der Waals surface area contributed by atoms with Crippen molar-refractivity contribution in [1.29, 1.82) is 0 Å². The van der Waals surface area contributed by atoms with Crippen LogP contribution in [0.25, 0.3) is 0 Å². The number of ketones is 1. The number of carbonyl (C=O) groups excluding carboxylic acids is 2. The molecule has 0 bridgehead atoms. The van der Waals surface area contributed by atoms with Crippen LogP contribution in [0.15, 0.2) is 11.6 Å². The molecule has 0 aromatic carbocycles. The van der Waals surface area contributed by atoms with Crippen molar-refractivity contribution in [3.05, 3.63) is 11.6 Å². The van der Waals surface area contributed by atoms with Gasteiger partial charge in [-0.3, -0.25) is 4.79 Å². The lowest BCUT2D eigenvalue weighted by Crippen LogP contribution is -2.10. The van der Waals surface area contributed by atoms with Gasteiger partial charge in [-0.15, -0.1) is 0 Å². The molecular weight excluding hydrogens is 168 g/mol. The van der Waals surface area contributed by atoms with Gasteiger partial charge in [0, 0.05) is 18.4 Å². The molecule has 0 spiro atoms. The topological polar surface area (TPSA) is 43.4 Å². The molecule has 0 saturated heterocycles. The van der Waals surface area contributed by atoms with Gasteiger partial charge in [-0.1, -0.05) is 6.08 Å². The molecule has 1 aliphatic rings.